The van der Waals surface area contributed by atoms with Crippen LogP contribution in [0.2, 0.25) is 0 Å². The highest BCUT2D eigenvalue weighted by atomic mass is 79.9. The summed E-state index contributed by atoms with van der Waals surface area (Å²) in [6.45, 7) is 1.89. The number of hydrogen-bond acceptors (Lipinski definition) is 5. The van der Waals surface area contributed by atoms with Crippen molar-refractivity contribution in [2.45, 2.75) is 23.5 Å². The van der Waals surface area contributed by atoms with E-state index >= 15 is 0 Å². The Morgan fingerprint density at radius 1 is 0.814 bits per heavy atom. The quantitative estimate of drug-likeness (QED) is 0.101. The zero-order valence-electron chi connectivity index (χ0n) is 23.0. The first kappa shape index (κ1) is 31.3. The summed E-state index contributed by atoms with van der Waals surface area (Å²) >= 11 is 4.74. The Morgan fingerprint density at radius 2 is 1.51 bits per heavy atom. The summed E-state index contributed by atoms with van der Waals surface area (Å²) < 4.78 is 0.883. The van der Waals surface area contributed by atoms with E-state index in [0.717, 1.165) is 14.9 Å². The highest BCUT2D eigenvalue weighted by Gasteiger charge is 2.20. The summed E-state index contributed by atoms with van der Waals surface area (Å²) in [7, 11) is 0. The molecule has 4 aromatic rings. The lowest BCUT2D eigenvalue weighted by atomic mass is 10.1. The normalized spacial score (nSPS) is 11.7. The number of amides is 3. The summed E-state index contributed by atoms with van der Waals surface area (Å²) in [5.41, 5.74) is 2.32. The lowest BCUT2D eigenvalue weighted by Crippen LogP contribution is -2.30. The van der Waals surface area contributed by atoms with Gasteiger partial charge in [-0.15, -0.1) is 11.8 Å². The number of carboxylic acid groups (broad SMARTS) is 1. The number of nitrogens with one attached hydrogen (secondary N) is 3. The van der Waals surface area contributed by atoms with E-state index in [1.54, 1.807) is 66.7 Å². The van der Waals surface area contributed by atoms with Gasteiger partial charge in [-0.05, 0) is 84.8 Å². The van der Waals surface area contributed by atoms with Gasteiger partial charge >= 0.3 is 5.97 Å². The molecule has 1 atom stereocenters. The average molecular weight is 659 g/mol. The van der Waals surface area contributed by atoms with Crippen LogP contribution >= 0.6 is 27.7 Å². The molecule has 0 saturated carbocycles. The van der Waals surface area contributed by atoms with Crippen molar-refractivity contribution < 1.29 is 24.3 Å². The van der Waals surface area contributed by atoms with Crippen LogP contribution in [0, 0.1) is 0 Å². The number of carbonyl (C=O) groups is 4. The lowest BCUT2D eigenvalue weighted by molar-refractivity contribution is -0.116. The molecule has 4 aromatic carbocycles. The Morgan fingerprint density at radius 3 is 2.16 bits per heavy atom. The second-order valence-corrected chi connectivity index (χ2v) is 11.5. The number of aromatic carboxylic acids is 1. The van der Waals surface area contributed by atoms with Gasteiger partial charge < -0.3 is 21.1 Å². The molecular weight excluding hydrogens is 630 g/mol. The Hall–Kier alpha value is -4.67. The smallest absolute Gasteiger partial charge is 0.335 e. The molecule has 0 fully saturated rings. The zero-order valence-corrected chi connectivity index (χ0v) is 25.4. The monoisotopic (exact) mass is 657 g/mol. The van der Waals surface area contributed by atoms with E-state index in [2.05, 4.69) is 31.9 Å². The molecule has 0 bridgehead atoms. The van der Waals surface area contributed by atoms with E-state index < -0.39 is 23.0 Å². The van der Waals surface area contributed by atoms with E-state index in [0.29, 0.717) is 23.4 Å². The van der Waals surface area contributed by atoms with Crippen LogP contribution in [0.4, 0.5) is 11.4 Å². The van der Waals surface area contributed by atoms with Crippen LogP contribution in [0.5, 0.6) is 0 Å². The second-order valence-electron chi connectivity index (χ2n) is 9.30. The third kappa shape index (κ3) is 9.16. The predicted molar refractivity (Wildman–Crippen MR) is 173 cm³/mol. The number of benzene rings is 4. The van der Waals surface area contributed by atoms with Crippen LogP contribution < -0.4 is 16.0 Å². The minimum atomic E-state index is -1.04. The van der Waals surface area contributed by atoms with E-state index in [1.807, 2.05) is 37.3 Å². The molecule has 8 nitrogen and oxygen atoms in total. The van der Waals surface area contributed by atoms with Gasteiger partial charge in [-0.2, -0.15) is 0 Å². The molecule has 0 aromatic heterocycles. The van der Waals surface area contributed by atoms with Gasteiger partial charge in [0.15, 0.2) is 0 Å². The van der Waals surface area contributed by atoms with E-state index in [9.17, 15) is 19.2 Å². The number of carbonyl (C=O) groups excluding carboxylic acids is 3. The number of carboxylic acids is 1. The first-order valence-corrected chi connectivity index (χ1v) is 14.9. The topological polar surface area (TPSA) is 125 Å². The molecule has 10 heteroatoms. The zero-order chi connectivity index (χ0) is 30.8. The van der Waals surface area contributed by atoms with Crippen molar-refractivity contribution in [1.29, 1.82) is 0 Å². The third-order valence-corrected chi connectivity index (χ3v) is 8.03. The fraction of sp³-hybridized carbons (Fsp3) is 0.0909. The molecule has 0 aliphatic carbocycles. The molecule has 43 heavy (non-hydrogen) atoms. The molecule has 3 amide bonds. The molecule has 218 valence electrons. The second kappa shape index (κ2) is 15.0. The van der Waals surface area contributed by atoms with Gasteiger partial charge in [0.1, 0.15) is 5.70 Å². The summed E-state index contributed by atoms with van der Waals surface area (Å²) in [6.07, 6.45) is 2.13. The van der Waals surface area contributed by atoms with Gasteiger partial charge in [0.05, 0.1) is 10.8 Å². The van der Waals surface area contributed by atoms with Crippen LogP contribution in [-0.2, 0) is 9.59 Å². The summed E-state index contributed by atoms with van der Waals surface area (Å²) in [5, 5.41) is 17.0. The maximum Gasteiger partial charge on any atom is 0.335 e. The number of hydrogen-bond donors (Lipinski definition) is 4. The first-order valence-electron chi connectivity index (χ1n) is 13.3. The summed E-state index contributed by atoms with van der Waals surface area (Å²) in [6, 6.07) is 29.0. The van der Waals surface area contributed by atoms with Crippen molar-refractivity contribution in [2.24, 2.45) is 0 Å². The van der Waals surface area contributed by atoms with E-state index in [-0.39, 0.29) is 17.2 Å². The van der Waals surface area contributed by atoms with Crippen LogP contribution in [0.3, 0.4) is 0 Å². The van der Waals surface area contributed by atoms with Crippen molar-refractivity contribution in [3.8, 4) is 0 Å². The van der Waals surface area contributed by atoms with Gasteiger partial charge in [-0.25, -0.2) is 4.79 Å². The molecule has 1 unspecified atom stereocenters. The summed E-state index contributed by atoms with van der Waals surface area (Å²) in [4.78, 5) is 51.1. The first-order chi connectivity index (χ1) is 20.7. The molecule has 4 N–H and O–H groups in total. The molecule has 0 aliphatic heterocycles. The Kier molecular flexibility index (Phi) is 10.9. The molecule has 0 radical (unpaired) electrons. The molecule has 0 aliphatic rings. The SMILES string of the molecule is CCC(Sc1cccc(NC(=O)/C(=C/c2ccc(Br)cc2)NC(=O)c2ccccc2)c1)C(=O)Nc1ccc(C(=O)O)cc1. The average Bonchev–Trinajstić information content (AvgIpc) is 3.01. The highest BCUT2D eigenvalue weighted by Crippen LogP contribution is 2.29. The molecule has 0 saturated heterocycles. The van der Waals surface area contributed by atoms with Gasteiger partial charge in [-0.3, -0.25) is 14.4 Å². The molecular formula is C33H28BrN3O5S. The van der Waals surface area contributed by atoms with Crippen LogP contribution in [0.25, 0.3) is 6.08 Å². The minimum absolute atomic E-state index is 0.0639. The fourth-order valence-electron chi connectivity index (χ4n) is 3.92. The standard InChI is InChI=1S/C33H28BrN3O5S/c1-2-29(32(40)35-25-17-13-23(14-18-25)33(41)42)43-27-10-6-9-26(20-27)36-31(39)28(19-21-11-15-24(34)16-12-21)37-30(38)22-7-4-3-5-8-22/h3-20,29H,2H2,1H3,(H,35,40)(H,36,39)(H,37,38)(H,41,42)/b28-19-. The van der Waals surface area contributed by atoms with Crippen molar-refractivity contribution in [1.82, 2.24) is 5.32 Å². The number of thioether (sulfide) groups is 1. The molecule has 0 spiro atoms. The van der Waals surface area contributed by atoms with Crippen molar-refractivity contribution >= 4 is 68.8 Å². The van der Waals surface area contributed by atoms with E-state index in [4.69, 9.17) is 5.11 Å². The molecule has 4 rings (SSSR count). The number of halogens is 1. The molecule has 0 heterocycles. The minimum Gasteiger partial charge on any atom is -0.478 e. The van der Waals surface area contributed by atoms with Crippen LogP contribution in [-0.4, -0.2) is 34.0 Å². The van der Waals surface area contributed by atoms with Crippen molar-refractivity contribution in [2.75, 3.05) is 10.6 Å². The maximum atomic E-state index is 13.4. The fourth-order valence-corrected chi connectivity index (χ4v) is 5.20. The Labute approximate surface area is 261 Å². The van der Waals surface area contributed by atoms with Crippen molar-refractivity contribution in [3.05, 3.63) is 130 Å². The van der Waals surface area contributed by atoms with Crippen LogP contribution in [0.1, 0.15) is 39.6 Å². The third-order valence-electron chi connectivity index (χ3n) is 6.14. The number of anilines is 2. The van der Waals surface area contributed by atoms with Gasteiger partial charge in [0.2, 0.25) is 5.91 Å². The largest absolute Gasteiger partial charge is 0.478 e. The van der Waals surface area contributed by atoms with E-state index in [1.165, 1.54) is 23.9 Å². The maximum absolute atomic E-state index is 13.4. The Balaban J connectivity index is 1.47. The number of rotatable bonds is 11. The van der Waals surface area contributed by atoms with Crippen molar-refractivity contribution in [3.63, 3.8) is 0 Å². The lowest BCUT2D eigenvalue weighted by Gasteiger charge is -2.16. The van der Waals surface area contributed by atoms with Gasteiger partial charge in [0, 0.05) is 26.3 Å². The Bertz CT molecular complexity index is 1640. The predicted octanol–water partition coefficient (Wildman–Crippen LogP) is 7.07. The highest BCUT2D eigenvalue weighted by molar-refractivity contribution is 9.10. The van der Waals surface area contributed by atoms with Crippen LogP contribution in [0.15, 0.2) is 118 Å². The van der Waals surface area contributed by atoms with Gasteiger partial charge in [0.25, 0.3) is 11.8 Å². The summed E-state index contributed by atoms with van der Waals surface area (Å²) in [5.74, 6) is -2.20. The van der Waals surface area contributed by atoms with Gasteiger partial charge in [-0.1, -0.05) is 59.3 Å².